The van der Waals surface area contributed by atoms with Gasteiger partial charge in [0.15, 0.2) is 0 Å². The van der Waals surface area contributed by atoms with Crippen LogP contribution in [0.5, 0.6) is 0 Å². The Balaban J connectivity index is 2.73. The van der Waals surface area contributed by atoms with Crippen LogP contribution in [-0.2, 0) is 6.54 Å². The Labute approximate surface area is 96.1 Å². The van der Waals surface area contributed by atoms with Crippen LogP contribution in [0.2, 0.25) is 0 Å². The van der Waals surface area contributed by atoms with Crippen molar-refractivity contribution in [2.75, 3.05) is 0 Å². The van der Waals surface area contributed by atoms with Crippen molar-refractivity contribution in [3.8, 4) is 6.07 Å². The van der Waals surface area contributed by atoms with Gasteiger partial charge < -0.3 is 5.32 Å². The van der Waals surface area contributed by atoms with Crippen molar-refractivity contribution >= 4 is 0 Å². The van der Waals surface area contributed by atoms with Gasteiger partial charge in [0.1, 0.15) is 11.9 Å². The van der Waals surface area contributed by atoms with Gasteiger partial charge in [-0.3, -0.25) is 0 Å². The largest absolute Gasteiger partial charge is 0.308 e. The van der Waals surface area contributed by atoms with Gasteiger partial charge >= 0.3 is 0 Å². The maximum atomic E-state index is 13.1. The lowest BCUT2D eigenvalue weighted by Gasteiger charge is -2.24. The molecule has 0 heterocycles. The Morgan fingerprint density at radius 3 is 2.69 bits per heavy atom. The van der Waals surface area contributed by atoms with Crippen molar-refractivity contribution in [1.29, 1.82) is 5.26 Å². The van der Waals surface area contributed by atoms with E-state index in [1.165, 1.54) is 6.07 Å². The molecule has 1 N–H and O–H groups in total. The van der Waals surface area contributed by atoms with Crippen molar-refractivity contribution in [2.24, 2.45) is 0 Å². The van der Waals surface area contributed by atoms with Gasteiger partial charge in [0.2, 0.25) is 0 Å². The number of nitrogens with zero attached hydrogens (tertiary/aromatic N) is 1. The Hall–Kier alpha value is -1.40. The van der Waals surface area contributed by atoms with E-state index >= 15 is 0 Å². The van der Waals surface area contributed by atoms with E-state index in [0.717, 1.165) is 12.0 Å². The zero-order chi connectivity index (χ0) is 12.2. The predicted octanol–water partition coefficient (Wildman–Crippen LogP) is 2.98. The first-order valence-corrected chi connectivity index (χ1v) is 5.42. The molecule has 0 fully saturated rings. The molecular weight excluding hydrogens is 203 g/mol. The lowest BCUT2D eigenvalue weighted by molar-refractivity contribution is 0.374. The van der Waals surface area contributed by atoms with Crippen LogP contribution >= 0.6 is 0 Å². The fourth-order valence-corrected chi connectivity index (χ4v) is 1.23. The van der Waals surface area contributed by atoms with Crippen LogP contribution in [0.1, 0.15) is 38.3 Å². The molecule has 0 bridgehead atoms. The van der Waals surface area contributed by atoms with Crippen molar-refractivity contribution in [3.05, 3.63) is 35.1 Å². The van der Waals surface area contributed by atoms with E-state index in [1.807, 2.05) is 6.07 Å². The molecule has 0 aromatic heterocycles. The molecule has 0 radical (unpaired) electrons. The Bertz CT molecular complexity index is 405. The molecule has 1 aromatic carbocycles. The van der Waals surface area contributed by atoms with Gasteiger partial charge in [-0.2, -0.15) is 5.26 Å². The van der Waals surface area contributed by atoms with Crippen molar-refractivity contribution in [1.82, 2.24) is 5.32 Å². The molecule has 0 atom stereocenters. The summed E-state index contributed by atoms with van der Waals surface area (Å²) in [5, 5.41) is 12.1. The summed E-state index contributed by atoms with van der Waals surface area (Å²) >= 11 is 0. The lowest BCUT2D eigenvalue weighted by Crippen LogP contribution is -2.37. The first-order chi connectivity index (χ1) is 7.48. The van der Waals surface area contributed by atoms with E-state index in [9.17, 15) is 4.39 Å². The highest BCUT2D eigenvalue weighted by Crippen LogP contribution is 2.12. The number of nitrogens with one attached hydrogen (secondary N) is 1. The maximum absolute atomic E-state index is 13.1. The monoisotopic (exact) mass is 220 g/mol. The normalized spacial score (nSPS) is 11.2. The van der Waals surface area contributed by atoms with E-state index < -0.39 is 5.82 Å². The molecule has 0 amide bonds. The fourth-order valence-electron chi connectivity index (χ4n) is 1.23. The molecule has 0 aliphatic heterocycles. The minimum absolute atomic E-state index is 0.0567. The third-order valence-electron chi connectivity index (χ3n) is 2.81. The SMILES string of the molecule is CCC(C)(C)NCc1ccc(F)c(C#N)c1. The lowest BCUT2D eigenvalue weighted by atomic mass is 10.0. The predicted molar refractivity (Wildman–Crippen MR) is 62.3 cm³/mol. The van der Waals surface area contributed by atoms with Gasteiger partial charge in [0, 0.05) is 12.1 Å². The molecule has 0 saturated carbocycles. The number of benzene rings is 1. The molecule has 0 aliphatic carbocycles. The van der Waals surface area contributed by atoms with Crippen LogP contribution in [0.3, 0.4) is 0 Å². The molecule has 16 heavy (non-hydrogen) atoms. The fraction of sp³-hybridized carbons (Fsp3) is 0.462. The van der Waals surface area contributed by atoms with Crippen LogP contribution in [-0.4, -0.2) is 5.54 Å². The first-order valence-electron chi connectivity index (χ1n) is 5.42. The van der Waals surface area contributed by atoms with Gasteiger partial charge in [-0.05, 0) is 38.0 Å². The molecule has 2 nitrogen and oxygen atoms in total. The number of rotatable bonds is 4. The van der Waals surface area contributed by atoms with E-state index in [4.69, 9.17) is 5.26 Å². The second-order valence-electron chi connectivity index (χ2n) is 4.52. The second-order valence-corrected chi connectivity index (χ2v) is 4.52. The van der Waals surface area contributed by atoms with E-state index in [-0.39, 0.29) is 11.1 Å². The van der Waals surface area contributed by atoms with E-state index in [2.05, 4.69) is 26.1 Å². The summed E-state index contributed by atoms with van der Waals surface area (Å²) < 4.78 is 13.1. The van der Waals surface area contributed by atoms with Crippen molar-refractivity contribution in [3.63, 3.8) is 0 Å². The molecular formula is C13H17FN2. The van der Waals surface area contributed by atoms with Crippen molar-refractivity contribution in [2.45, 2.75) is 39.3 Å². The summed E-state index contributed by atoms with van der Waals surface area (Å²) in [6.45, 7) is 6.98. The highest BCUT2D eigenvalue weighted by Gasteiger charge is 2.13. The number of hydrogen-bond acceptors (Lipinski definition) is 2. The van der Waals surface area contributed by atoms with Crippen molar-refractivity contribution < 1.29 is 4.39 Å². The quantitative estimate of drug-likeness (QED) is 0.846. The Kier molecular flexibility index (Phi) is 4.03. The molecule has 0 saturated heterocycles. The summed E-state index contributed by atoms with van der Waals surface area (Å²) in [4.78, 5) is 0. The van der Waals surface area contributed by atoms with E-state index in [0.29, 0.717) is 6.54 Å². The summed E-state index contributed by atoms with van der Waals surface area (Å²) in [5.41, 5.74) is 1.09. The van der Waals surface area contributed by atoms with Crippen LogP contribution < -0.4 is 5.32 Å². The van der Waals surface area contributed by atoms with Gasteiger partial charge in [0.25, 0.3) is 0 Å². The molecule has 1 aromatic rings. The van der Waals surface area contributed by atoms with Gasteiger partial charge in [-0.25, -0.2) is 4.39 Å². The second kappa shape index (κ2) is 5.09. The maximum Gasteiger partial charge on any atom is 0.140 e. The van der Waals surface area contributed by atoms with Crippen LogP contribution in [0.4, 0.5) is 4.39 Å². The average molecular weight is 220 g/mol. The standard InChI is InChI=1S/C13H17FN2/c1-4-13(2,3)16-9-10-5-6-12(14)11(7-10)8-15/h5-7,16H,4,9H2,1-3H3. The summed E-state index contributed by atoms with van der Waals surface area (Å²) in [6, 6.07) is 6.48. The molecule has 1 rings (SSSR count). The third-order valence-corrected chi connectivity index (χ3v) is 2.81. The van der Waals surface area contributed by atoms with Crippen LogP contribution in [0.15, 0.2) is 18.2 Å². The number of halogens is 1. The van der Waals surface area contributed by atoms with E-state index in [1.54, 1.807) is 12.1 Å². The molecule has 86 valence electrons. The van der Waals surface area contributed by atoms with Crippen LogP contribution in [0, 0.1) is 17.1 Å². The Morgan fingerprint density at radius 2 is 2.12 bits per heavy atom. The first kappa shape index (κ1) is 12.7. The topological polar surface area (TPSA) is 35.8 Å². The van der Waals surface area contributed by atoms with Crippen LogP contribution in [0.25, 0.3) is 0 Å². The van der Waals surface area contributed by atoms with Gasteiger partial charge in [-0.1, -0.05) is 13.0 Å². The molecule has 0 aliphatic rings. The highest BCUT2D eigenvalue weighted by atomic mass is 19.1. The summed E-state index contributed by atoms with van der Waals surface area (Å²) in [7, 11) is 0. The van der Waals surface area contributed by atoms with Gasteiger partial charge in [0.05, 0.1) is 5.56 Å². The smallest absolute Gasteiger partial charge is 0.140 e. The average Bonchev–Trinajstić information content (AvgIpc) is 2.28. The minimum Gasteiger partial charge on any atom is -0.308 e. The van der Waals surface area contributed by atoms with Gasteiger partial charge in [-0.15, -0.1) is 0 Å². The zero-order valence-electron chi connectivity index (χ0n) is 9.97. The summed E-state index contributed by atoms with van der Waals surface area (Å²) in [5.74, 6) is -0.457. The molecule has 0 spiro atoms. The number of nitriles is 1. The summed E-state index contributed by atoms with van der Waals surface area (Å²) in [6.07, 6.45) is 1.01. The molecule has 3 heteroatoms. The Morgan fingerprint density at radius 1 is 1.44 bits per heavy atom. The molecule has 0 unspecified atom stereocenters. The zero-order valence-corrected chi connectivity index (χ0v) is 9.97. The minimum atomic E-state index is -0.457. The highest BCUT2D eigenvalue weighted by molar-refractivity contribution is 5.34. The number of hydrogen-bond donors (Lipinski definition) is 1. The third kappa shape index (κ3) is 3.32.